The smallest absolute Gasteiger partial charge is 0.407 e. The Morgan fingerprint density at radius 1 is 1.28 bits per heavy atom. The average molecular weight is 271 g/mol. The van der Waals surface area contributed by atoms with Crippen LogP contribution in [0.4, 0.5) is 4.79 Å². The van der Waals surface area contributed by atoms with Gasteiger partial charge in [0, 0.05) is 20.0 Å². The molecule has 0 heterocycles. The fourth-order valence-corrected chi connectivity index (χ4v) is 2.77. The summed E-state index contributed by atoms with van der Waals surface area (Å²) in [6.45, 7) is 7.30. The molecule has 104 valence electrons. The molecule has 1 aliphatic carbocycles. The molecule has 0 bridgehead atoms. The minimum Gasteiger partial charge on any atom is -0.450 e. The quantitative estimate of drug-likeness (QED) is 0.618. The number of rotatable bonds is 5. The zero-order chi connectivity index (χ0) is 13.6. The maximum Gasteiger partial charge on any atom is 0.407 e. The van der Waals surface area contributed by atoms with Crippen molar-refractivity contribution in [2.24, 2.45) is 5.92 Å². The SMILES string of the molecule is C[Si](C)(C)CCOC(=O)NC1CCC(C=O)CC1. The summed E-state index contributed by atoms with van der Waals surface area (Å²) in [7, 11) is -1.13. The van der Waals surface area contributed by atoms with Gasteiger partial charge in [-0.3, -0.25) is 0 Å². The molecule has 0 unspecified atom stereocenters. The monoisotopic (exact) mass is 271 g/mol. The second-order valence-electron chi connectivity index (χ2n) is 6.34. The van der Waals surface area contributed by atoms with E-state index in [-0.39, 0.29) is 18.1 Å². The lowest BCUT2D eigenvalue weighted by molar-refractivity contribution is -0.111. The number of amides is 1. The maximum atomic E-state index is 11.6. The highest BCUT2D eigenvalue weighted by atomic mass is 28.3. The summed E-state index contributed by atoms with van der Waals surface area (Å²) in [5.74, 6) is 0.186. The number of hydrogen-bond donors (Lipinski definition) is 1. The second-order valence-corrected chi connectivity index (χ2v) is 12.0. The number of carbonyl (C=O) groups excluding carboxylic acids is 2. The molecule has 1 N–H and O–H groups in total. The molecule has 18 heavy (non-hydrogen) atoms. The van der Waals surface area contributed by atoms with Crippen LogP contribution in [0.15, 0.2) is 0 Å². The van der Waals surface area contributed by atoms with Crippen molar-refractivity contribution < 1.29 is 14.3 Å². The first-order valence-electron chi connectivity index (χ1n) is 6.79. The first-order valence-corrected chi connectivity index (χ1v) is 10.5. The Bertz CT molecular complexity index is 280. The van der Waals surface area contributed by atoms with Crippen LogP contribution in [0.1, 0.15) is 25.7 Å². The minimum atomic E-state index is -1.13. The molecule has 1 saturated carbocycles. The third kappa shape index (κ3) is 6.19. The first-order chi connectivity index (χ1) is 8.40. The predicted octanol–water partition coefficient (Wildman–Crippen LogP) is 2.81. The molecule has 1 amide bonds. The van der Waals surface area contributed by atoms with Gasteiger partial charge in [-0.2, -0.15) is 0 Å². The second kappa shape index (κ2) is 6.92. The Morgan fingerprint density at radius 2 is 1.89 bits per heavy atom. The van der Waals surface area contributed by atoms with E-state index in [0.29, 0.717) is 6.61 Å². The highest BCUT2D eigenvalue weighted by Gasteiger charge is 2.22. The number of ether oxygens (including phenoxy) is 1. The van der Waals surface area contributed by atoms with E-state index in [0.717, 1.165) is 38.0 Å². The van der Waals surface area contributed by atoms with Crippen molar-refractivity contribution in [3.8, 4) is 0 Å². The van der Waals surface area contributed by atoms with Crippen LogP contribution in [-0.2, 0) is 9.53 Å². The van der Waals surface area contributed by atoms with E-state index < -0.39 is 8.07 Å². The maximum absolute atomic E-state index is 11.6. The summed E-state index contributed by atoms with van der Waals surface area (Å²) in [4.78, 5) is 22.2. The molecular weight excluding hydrogens is 246 g/mol. The number of alkyl carbamates (subject to hydrolysis) is 1. The Morgan fingerprint density at radius 3 is 2.39 bits per heavy atom. The molecule has 0 atom stereocenters. The molecule has 1 rings (SSSR count). The summed E-state index contributed by atoms with van der Waals surface area (Å²) in [5.41, 5.74) is 0. The van der Waals surface area contributed by atoms with Crippen molar-refractivity contribution in [1.29, 1.82) is 0 Å². The van der Waals surface area contributed by atoms with Gasteiger partial charge in [0.15, 0.2) is 0 Å². The van der Waals surface area contributed by atoms with Crippen LogP contribution in [0.25, 0.3) is 0 Å². The van der Waals surface area contributed by atoms with E-state index >= 15 is 0 Å². The van der Waals surface area contributed by atoms with Gasteiger partial charge in [-0.15, -0.1) is 0 Å². The summed E-state index contributed by atoms with van der Waals surface area (Å²) < 4.78 is 5.19. The van der Waals surface area contributed by atoms with Crippen molar-refractivity contribution in [2.75, 3.05) is 6.61 Å². The molecule has 0 spiro atoms. The third-order valence-corrected chi connectivity index (χ3v) is 5.08. The number of nitrogens with one attached hydrogen (secondary N) is 1. The summed E-state index contributed by atoms with van der Waals surface area (Å²) in [5, 5.41) is 2.89. The van der Waals surface area contributed by atoms with E-state index in [1.807, 2.05) is 0 Å². The van der Waals surface area contributed by atoms with E-state index in [1.165, 1.54) is 0 Å². The molecule has 5 heteroatoms. The summed E-state index contributed by atoms with van der Waals surface area (Å²) >= 11 is 0. The number of carbonyl (C=O) groups is 2. The first kappa shape index (κ1) is 15.2. The van der Waals surface area contributed by atoms with Gasteiger partial charge in [0.1, 0.15) is 6.29 Å². The zero-order valence-electron chi connectivity index (χ0n) is 11.7. The van der Waals surface area contributed by atoms with Gasteiger partial charge >= 0.3 is 6.09 Å². The topological polar surface area (TPSA) is 55.4 Å². The van der Waals surface area contributed by atoms with Crippen molar-refractivity contribution in [3.63, 3.8) is 0 Å². The van der Waals surface area contributed by atoms with E-state index in [1.54, 1.807) is 0 Å². The van der Waals surface area contributed by atoms with Gasteiger partial charge in [-0.05, 0) is 31.7 Å². The van der Waals surface area contributed by atoms with Gasteiger partial charge in [-0.1, -0.05) is 19.6 Å². The number of aldehydes is 1. The Balaban J connectivity index is 2.15. The molecule has 0 aromatic carbocycles. The lowest BCUT2D eigenvalue weighted by Gasteiger charge is -2.26. The highest BCUT2D eigenvalue weighted by Crippen LogP contribution is 2.22. The van der Waals surface area contributed by atoms with Crippen LogP contribution in [0.5, 0.6) is 0 Å². The molecule has 0 aromatic rings. The van der Waals surface area contributed by atoms with E-state index in [9.17, 15) is 9.59 Å². The minimum absolute atomic E-state index is 0.181. The van der Waals surface area contributed by atoms with Gasteiger partial charge in [-0.25, -0.2) is 4.79 Å². The van der Waals surface area contributed by atoms with Crippen molar-refractivity contribution in [3.05, 3.63) is 0 Å². The Hall–Kier alpha value is -0.843. The Labute approximate surface area is 110 Å². The molecular formula is C13H25NO3Si. The van der Waals surface area contributed by atoms with Crippen LogP contribution >= 0.6 is 0 Å². The molecule has 4 nitrogen and oxygen atoms in total. The Kier molecular flexibility index (Phi) is 5.85. The fraction of sp³-hybridized carbons (Fsp3) is 0.846. The lowest BCUT2D eigenvalue weighted by atomic mass is 9.87. The molecule has 0 aromatic heterocycles. The van der Waals surface area contributed by atoms with Crippen LogP contribution in [0.2, 0.25) is 25.7 Å². The van der Waals surface area contributed by atoms with Crippen molar-refractivity contribution >= 4 is 20.5 Å². The van der Waals surface area contributed by atoms with Gasteiger partial charge in [0.2, 0.25) is 0 Å². The van der Waals surface area contributed by atoms with Gasteiger partial charge < -0.3 is 14.8 Å². The average Bonchev–Trinajstić information content (AvgIpc) is 2.28. The third-order valence-electron chi connectivity index (χ3n) is 3.37. The summed E-state index contributed by atoms with van der Waals surface area (Å²) in [6.07, 6.45) is 4.25. The molecule has 0 aliphatic heterocycles. The standard InChI is InChI=1S/C13H25NO3Si/c1-18(2,3)9-8-17-13(16)14-12-6-4-11(10-15)5-7-12/h10-12H,4-9H2,1-3H3,(H,14,16). The normalized spacial score (nSPS) is 24.4. The fourth-order valence-electron chi connectivity index (χ4n) is 2.06. The number of hydrogen-bond acceptors (Lipinski definition) is 3. The van der Waals surface area contributed by atoms with Gasteiger partial charge in [0.25, 0.3) is 0 Å². The predicted molar refractivity (Wildman–Crippen MR) is 74.4 cm³/mol. The lowest BCUT2D eigenvalue weighted by Crippen LogP contribution is -2.38. The van der Waals surface area contributed by atoms with Crippen LogP contribution in [0.3, 0.4) is 0 Å². The van der Waals surface area contributed by atoms with Crippen LogP contribution in [-0.4, -0.2) is 33.1 Å². The van der Waals surface area contributed by atoms with Crippen molar-refractivity contribution in [1.82, 2.24) is 5.32 Å². The highest BCUT2D eigenvalue weighted by molar-refractivity contribution is 6.76. The van der Waals surface area contributed by atoms with Gasteiger partial charge in [0.05, 0.1) is 6.61 Å². The molecule has 1 fully saturated rings. The van der Waals surface area contributed by atoms with E-state index in [4.69, 9.17) is 4.74 Å². The van der Waals surface area contributed by atoms with E-state index in [2.05, 4.69) is 25.0 Å². The molecule has 1 aliphatic rings. The van der Waals surface area contributed by atoms with Crippen LogP contribution in [0, 0.1) is 5.92 Å². The molecule has 0 radical (unpaired) electrons. The largest absolute Gasteiger partial charge is 0.450 e. The molecule has 0 saturated heterocycles. The summed E-state index contributed by atoms with van der Waals surface area (Å²) in [6, 6.07) is 1.18. The zero-order valence-corrected chi connectivity index (χ0v) is 12.7. The van der Waals surface area contributed by atoms with Crippen molar-refractivity contribution in [2.45, 2.75) is 57.4 Å². The van der Waals surface area contributed by atoms with Crippen LogP contribution < -0.4 is 5.32 Å².